The van der Waals surface area contributed by atoms with Crippen molar-refractivity contribution in [2.75, 3.05) is 11.9 Å². The molecule has 2 rings (SSSR count). The minimum Gasteiger partial charge on any atom is -0.491 e. The van der Waals surface area contributed by atoms with Crippen LogP contribution in [0.2, 0.25) is 5.02 Å². The van der Waals surface area contributed by atoms with E-state index in [-0.39, 0.29) is 5.91 Å². The minimum absolute atomic E-state index is 0.305. The predicted octanol–water partition coefficient (Wildman–Crippen LogP) is 2.79. The van der Waals surface area contributed by atoms with Gasteiger partial charge in [-0.2, -0.15) is 0 Å². The average Bonchev–Trinajstić information content (AvgIpc) is 3.18. The zero-order valence-electron chi connectivity index (χ0n) is 11.1. The van der Waals surface area contributed by atoms with Gasteiger partial charge in [-0.05, 0) is 31.0 Å². The van der Waals surface area contributed by atoms with E-state index in [0.717, 1.165) is 6.42 Å². The summed E-state index contributed by atoms with van der Waals surface area (Å²) >= 11 is 5.91. The quantitative estimate of drug-likeness (QED) is 0.846. The van der Waals surface area contributed by atoms with Crippen molar-refractivity contribution >= 4 is 29.2 Å². The van der Waals surface area contributed by atoms with Gasteiger partial charge in [-0.1, -0.05) is 18.5 Å². The van der Waals surface area contributed by atoms with Crippen molar-refractivity contribution < 1.29 is 19.4 Å². The van der Waals surface area contributed by atoms with Crippen molar-refractivity contribution in [2.45, 2.75) is 19.8 Å². The summed E-state index contributed by atoms with van der Waals surface area (Å²) in [7, 11) is 0. The van der Waals surface area contributed by atoms with Gasteiger partial charge >= 0.3 is 5.97 Å². The van der Waals surface area contributed by atoms with Crippen LogP contribution in [0.4, 0.5) is 5.69 Å². The normalized spacial score (nSPS) is 20.3. The lowest BCUT2D eigenvalue weighted by atomic mass is 10.2. The number of nitrogens with one attached hydrogen (secondary N) is 1. The highest BCUT2D eigenvalue weighted by Crippen LogP contribution is 2.40. The molecule has 1 aliphatic carbocycles. The summed E-state index contributed by atoms with van der Waals surface area (Å²) in [5.41, 5.74) is 0.479. The van der Waals surface area contributed by atoms with E-state index in [2.05, 4.69) is 5.32 Å². The molecule has 0 unspecified atom stereocenters. The maximum absolute atomic E-state index is 12.0. The molecule has 5 nitrogen and oxygen atoms in total. The molecule has 0 radical (unpaired) electrons. The first-order valence-corrected chi connectivity index (χ1v) is 6.86. The molecule has 0 saturated heterocycles. The van der Waals surface area contributed by atoms with Crippen LogP contribution in [0.1, 0.15) is 19.8 Å². The van der Waals surface area contributed by atoms with Gasteiger partial charge in [0.05, 0.1) is 24.1 Å². The Kier molecular flexibility index (Phi) is 4.49. The van der Waals surface area contributed by atoms with E-state index in [9.17, 15) is 9.59 Å². The van der Waals surface area contributed by atoms with Gasteiger partial charge in [0, 0.05) is 5.02 Å². The van der Waals surface area contributed by atoms with Crippen molar-refractivity contribution in [1.29, 1.82) is 0 Å². The molecule has 0 heterocycles. The highest BCUT2D eigenvalue weighted by atomic mass is 35.5. The second-order valence-electron chi connectivity index (χ2n) is 4.77. The lowest BCUT2D eigenvalue weighted by Crippen LogP contribution is -2.17. The van der Waals surface area contributed by atoms with Crippen molar-refractivity contribution in [1.82, 2.24) is 0 Å². The zero-order chi connectivity index (χ0) is 14.7. The monoisotopic (exact) mass is 297 g/mol. The van der Waals surface area contributed by atoms with Crippen LogP contribution in [0.15, 0.2) is 18.2 Å². The summed E-state index contributed by atoms with van der Waals surface area (Å²) in [5.74, 6) is -1.74. The SMILES string of the molecule is CCCOc1ccc(Cl)cc1NC(=O)[C@@H]1C[C@@H]1C(=O)O. The summed E-state index contributed by atoms with van der Waals surface area (Å²) in [4.78, 5) is 22.7. The molecule has 2 N–H and O–H groups in total. The molecule has 1 aromatic rings. The number of aliphatic carboxylic acids is 1. The van der Waals surface area contributed by atoms with Gasteiger partial charge in [0.1, 0.15) is 5.75 Å². The number of hydrogen-bond donors (Lipinski definition) is 2. The predicted molar refractivity (Wildman–Crippen MR) is 75.1 cm³/mol. The molecule has 2 atom stereocenters. The van der Waals surface area contributed by atoms with Crippen molar-refractivity contribution in [2.24, 2.45) is 11.8 Å². The zero-order valence-corrected chi connectivity index (χ0v) is 11.8. The Morgan fingerprint density at radius 3 is 2.80 bits per heavy atom. The molecule has 1 aromatic carbocycles. The van der Waals surface area contributed by atoms with Crippen LogP contribution in [0.25, 0.3) is 0 Å². The molecule has 1 fully saturated rings. The first-order valence-electron chi connectivity index (χ1n) is 6.49. The number of rotatable bonds is 6. The number of amides is 1. The Morgan fingerprint density at radius 1 is 1.45 bits per heavy atom. The Hall–Kier alpha value is -1.75. The van der Waals surface area contributed by atoms with Crippen LogP contribution >= 0.6 is 11.6 Å². The number of carbonyl (C=O) groups is 2. The van der Waals surface area contributed by atoms with Gasteiger partial charge in [-0.15, -0.1) is 0 Å². The van der Waals surface area contributed by atoms with E-state index < -0.39 is 17.8 Å². The second kappa shape index (κ2) is 6.13. The summed E-state index contributed by atoms with van der Waals surface area (Å²) in [6.07, 6.45) is 1.23. The van der Waals surface area contributed by atoms with E-state index in [0.29, 0.717) is 29.5 Å². The Morgan fingerprint density at radius 2 is 2.20 bits per heavy atom. The average molecular weight is 298 g/mol. The first kappa shape index (κ1) is 14.7. The third kappa shape index (κ3) is 3.42. The number of benzene rings is 1. The smallest absolute Gasteiger partial charge is 0.307 e. The fraction of sp³-hybridized carbons (Fsp3) is 0.429. The first-order chi connectivity index (χ1) is 9.52. The highest BCUT2D eigenvalue weighted by Gasteiger charge is 2.48. The molecule has 0 bridgehead atoms. The number of halogens is 1. The van der Waals surface area contributed by atoms with Gasteiger partial charge in [-0.3, -0.25) is 9.59 Å². The van der Waals surface area contributed by atoms with Crippen LogP contribution < -0.4 is 10.1 Å². The lowest BCUT2D eigenvalue weighted by molar-refractivity contribution is -0.139. The van der Waals surface area contributed by atoms with Crippen LogP contribution in [0, 0.1) is 11.8 Å². The van der Waals surface area contributed by atoms with Gasteiger partial charge in [0.15, 0.2) is 0 Å². The summed E-state index contributed by atoms with van der Waals surface area (Å²) in [5, 5.41) is 12.0. The summed E-state index contributed by atoms with van der Waals surface area (Å²) in [6, 6.07) is 4.97. The third-order valence-electron chi connectivity index (χ3n) is 3.11. The number of hydrogen-bond acceptors (Lipinski definition) is 3. The van der Waals surface area contributed by atoms with Crippen molar-refractivity contribution in [3.8, 4) is 5.75 Å². The number of anilines is 1. The fourth-order valence-electron chi connectivity index (χ4n) is 1.92. The second-order valence-corrected chi connectivity index (χ2v) is 5.20. The van der Waals surface area contributed by atoms with E-state index in [1.165, 1.54) is 0 Å². The topological polar surface area (TPSA) is 75.6 Å². The molecule has 1 saturated carbocycles. The van der Waals surface area contributed by atoms with E-state index >= 15 is 0 Å². The maximum Gasteiger partial charge on any atom is 0.307 e. The van der Waals surface area contributed by atoms with E-state index in [4.69, 9.17) is 21.4 Å². The van der Waals surface area contributed by atoms with Crippen LogP contribution in [0.5, 0.6) is 5.75 Å². The molecule has 108 valence electrons. The van der Waals surface area contributed by atoms with Crippen molar-refractivity contribution in [3.63, 3.8) is 0 Å². The fourth-order valence-corrected chi connectivity index (χ4v) is 2.09. The maximum atomic E-state index is 12.0. The summed E-state index contributed by atoms with van der Waals surface area (Å²) < 4.78 is 5.53. The number of carboxylic acid groups (broad SMARTS) is 1. The molecule has 0 aromatic heterocycles. The van der Waals surface area contributed by atoms with Gasteiger partial charge < -0.3 is 15.2 Å². The van der Waals surface area contributed by atoms with Crippen LogP contribution in [-0.4, -0.2) is 23.6 Å². The largest absolute Gasteiger partial charge is 0.491 e. The minimum atomic E-state index is -0.932. The Bertz CT molecular complexity index is 532. The molecule has 20 heavy (non-hydrogen) atoms. The van der Waals surface area contributed by atoms with Gasteiger partial charge in [0.2, 0.25) is 5.91 Å². The van der Waals surface area contributed by atoms with Gasteiger partial charge in [0.25, 0.3) is 0 Å². The molecular weight excluding hydrogens is 282 g/mol. The Labute approximate surface area is 121 Å². The van der Waals surface area contributed by atoms with E-state index in [1.54, 1.807) is 18.2 Å². The Balaban J connectivity index is 2.06. The van der Waals surface area contributed by atoms with E-state index in [1.807, 2.05) is 6.92 Å². The third-order valence-corrected chi connectivity index (χ3v) is 3.34. The van der Waals surface area contributed by atoms with Gasteiger partial charge in [-0.25, -0.2) is 0 Å². The molecule has 0 spiro atoms. The molecule has 1 aliphatic rings. The highest BCUT2D eigenvalue weighted by molar-refractivity contribution is 6.31. The molecule has 6 heteroatoms. The molecule has 1 amide bonds. The lowest BCUT2D eigenvalue weighted by Gasteiger charge is -2.12. The molecule has 0 aliphatic heterocycles. The number of ether oxygens (including phenoxy) is 1. The number of carboxylic acids is 1. The van der Waals surface area contributed by atoms with Crippen molar-refractivity contribution in [3.05, 3.63) is 23.2 Å². The van der Waals surface area contributed by atoms with Crippen LogP contribution in [0.3, 0.4) is 0 Å². The van der Waals surface area contributed by atoms with Crippen LogP contribution in [-0.2, 0) is 9.59 Å². The number of carbonyl (C=O) groups excluding carboxylic acids is 1. The molecular formula is C14H16ClNO4. The standard InChI is InChI=1S/C14H16ClNO4/c1-2-5-20-12-4-3-8(15)6-11(12)16-13(17)9-7-10(9)14(18)19/h3-4,6,9-10H,2,5,7H2,1H3,(H,16,17)(H,18,19)/t9-,10+/m1/s1. The summed E-state index contributed by atoms with van der Waals surface area (Å²) in [6.45, 7) is 2.52.